The summed E-state index contributed by atoms with van der Waals surface area (Å²) >= 11 is 6.03. The molecule has 0 saturated carbocycles. The average Bonchev–Trinajstić information content (AvgIpc) is 2.40. The van der Waals surface area contributed by atoms with E-state index in [2.05, 4.69) is 24.1 Å². The molecule has 3 N–H and O–H groups in total. The van der Waals surface area contributed by atoms with E-state index in [1.54, 1.807) is 18.2 Å². The second-order valence-corrected chi connectivity index (χ2v) is 5.29. The molecular formula is C15H24ClN3O. The largest absolute Gasteiger partial charge is 0.399 e. The molecule has 0 fully saturated rings. The third kappa shape index (κ3) is 5.80. The second-order valence-electron chi connectivity index (χ2n) is 4.88. The topological polar surface area (TPSA) is 58.4 Å². The van der Waals surface area contributed by atoms with Crippen molar-refractivity contribution in [2.75, 3.05) is 30.7 Å². The number of benzene rings is 1. The number of hydrogen-bond donors (Lipinski definition) is 2. The fraction of sp³-hybridized carbons (Fsp3) is 0.533. The smallest absolute Gasteiger partial charge is 0.225 e. The van der Waals surface area contributed by atoms with E-state index in [0.717, 1.165) is 32.5 Å². The summed E-state index contributed by atoms with van der Waals surface area (Å²) in [5.41, 5.74) is 6.82. The first kappa shape index (κ1) is 16.8. The zero-order valence-electron chi connectivity index (χ0n) is 12.3. The average molecular weight is 298 g/mol. The van der Waals surface area contributed by atoms with Crippen LogP contribution in [0.5, 0.6) is 0 Å². The summed E-state index contributed by atoms with van der Waals surface area (Å²) in [4.78, 5) is 14.2. The molecule has 0 aliphatic heterocycles. The summed E-state index contributed by atoms with van der Waals surface area (Å²) in [6, 6.07) is 5.09. The Labute approximate surface area is 126 Å². The van der Waals surface area contributed by atoms with Gasteiger partial charge in [0.1, 0.15) is 0 Å². The minimum absolute atomic E-state index is 0.0196. The summed E-state index contributed by atoms with van der Waals surface area (Å²) in [6.45, 7) is 7.14. The fourth-order valence-electron chi connectivity index (χ4n) is 2.07. The van der Waals surface area contributed by atoms with Crippen LogP contribution in [0.1, 0.15) is 33.1 Å². The molecule has 1 aromatic carbocycles. The molecule has 0 aliphatic rings. The van der Waals surface area contributed by atoms with Crippen LogP contribution in [0.2, 0.25) is 5.02 Å². The van der Waals surface area contributed by atoms with Gasteiger partial charge in [-0.1, -0.05) is 25.4 Å². The number of anilines is 2. The molecule has 0 saturated heterocycles. The van der Waals surface area contributed by atoms with Crippen molar-refractivity contribution >= 4 is 28.9 Å². The van der Waals surface area contributed by atoms with E-state index in [9.17, 15) is 4.79 Å². The molecule has 5 heteroatoms. The van der Waals surface area contributed by atoms with E-state index in [1.165, 1.54) is 0 Å². The van der Waals surface area contributed by atoms with Gasteiger partial charge >= 0.3 is 0 Å². The lowest BCUT2D eigenvalue weighted by Gasteiger charge is -2.20. The molecule has 0 bridgehead atoms. The Kier molecular flexibility index (Phi) is 7.41. The van der Waals surface area contributed by atoms with Gasteiger partial charge in [0.05, 0.1) is 10.7 Å². The molecule has 0 atom stereocenters. The highest BCUT2D eigenvalue weighted by molar-refractivity contribution is 6.34. The minimum atomic E-state index is -0.0196. The van der Waals surface area contributed by atoms with Crippen molar-refractivity contribution in [2.45, 2.75) is 33.1 Å². The molecule has 1 aromatic rings. The maximum atomic E-state index is 11.9. The fourth-order valence-corrected chi connectivity index (χ4v) is 2.31. The van der Waals surface area contributed by atoms with Crippen LogP contribution in [-0.4, -0.2) is 30.4 Å². The van der Waals surface area contributed by atoms with Gasteiger partial charge in [0.25, 0.3) is 0 Å². The van der Waals surface area contributed by atoms with E-state index in [-0.39, 0.29) is 5.91 Å². The number of rotatable bonds is 8. The van der Waals surface area contributed by atoms with E-state index in [0.29, 0.717) is 22.8 Å². The summed E-state index contributed by atoms with van der Waals surface area (Å²) in [7, 11) is 0. The van der Waals surface area contributed by atoms with Gasteiger partial charge in [0, 0.05) is 18.7 Å². The number of amides is 1. The van der Waals surface area contributed by atoms with Crippen molar-refractivity contribution in [3.8, 4) is 0 Å². The minimum Gasteiger partial charge on any atom is -0.399 e. The zero-order chi connectivity index (χ0) is 15.0. The quantitative estimate of drug-likeness (QED) is 0.723. The van der Waals surface area contributed by atoms with Crippen LogP contribution in [0.15, 0.2) is 18.2 Å². The summed E-state index contributed by atoms with van der Waals surface area (Å²) in [5.74, 6) is -0.0196. The number of nitrogens with two attached hydrogens (primary N) is 1. The molecule has 0 aromatic heterocycles. The van der Waals surface area contributed by atoms with Crippen molar-refractivity contribution in [3.05, 3.63) is 23.2 Å². The molecule has 0 radical (unpaired) electrons. The van der Waals surface area contributed by atoms with Crippen LogP contribution in [-0.2, 0) is 4.79 Å². The molecular weight excluding hydrogens is 274 g/mol. The highest BCUT2D eigenvalue weighted by Gasteiger charge is 2.09. The number of nitrogens with zero attached hydrogens (tertiary/aromatic N) is 1. The molecule has 4 nitrogen and oxygen atoms in total. The van der Waals surface area contributed by atoms with E-state index >= 15 is 0 Å². The SMILES string of the molecule is CCCN(CCC)CCC(=O)Nc1ccc(N)cc1Cl. The molecule has 0 aliphatic carbocycles. The molecule has 112 valence electrons. The molecule has 1 amide bonds. The Bertz CT molecular complexity index is 431. The first-order chi connectivity index (χ1) is 9.56. The van der Waals surface area contributed by atoms with Crippen LogP contribution in [0, 0.1) is 0 Å². The van der Waals surface area contributed by atoms with Crippen molar-refractivity contribution in [3.63, 3.8) is 0 Å². The first-order valence-electron chi connectivity index (χ1n) is 7.14. The van der Waals surface area contributed by atoms with Crippen LogP contribution in [0.3, 0.4) is 0 Å². The maximum absolute atomic E-state index is 11.9. The highest BCUT2D eigenvalue weighted by atomic mass is 35.5. The Balaban J connectivity index is 2.46. The van der Waals surface area contributed by atoms with Crippen LogP contribution in [0.4, 0.5) is 11.4 Å². The molecule has 0 unspecified atom stereocenters. The maximum Gasteiger partial charge on any atom is 0.225 e. The normalized spacial score (nSPS) is 10.8. The Morgan fingerprint density at radius 1 is 1.25 bits per heavy atom. The summed E-state index contributed by atoms with van der Waals surface area (Å²) in [6.07, 6.45) is 2.68. The summed E-state index contributed by atoms with van der Waals surface area (Å²) in [5, 5.41) is 3.29. The lowest BCUT2D eigenvalue weighted by molar-refractivity contribution is -0.116. The third-order valence-electron chi connectivity index (χ3n) is 3.00. The van der Waals surface area contributed by atoms with Gasteiger partial charge in [-0.25, -0.2) is 0 Å². The van der Waals surface area contributed by atoms with Crippen molar-refractivity contribution in [1.82, 2.24) is 4.90 Å². The lowest BCUT2D eigenvalue weighted by atomic mass is 10.2. The number of halogens is 1. The lowest BCUT2D eigenvalue weighted by Crippen LogP contribution is -2.29. The van der Waals surface area contributed by atoms with Gasteiger partial charge in [-0.2, -0.15) is 0 Å². The Morgan fingerprint density at radius 3 is 2.45 bits per heavy atom. The summed E-state index contributed by atoms with van der Waals surface area (Å²) < 4.78 is 0. The second kappa shape index (κ2) is 8.82. The predicted octanol–water partition coefficient (Wildman–Crippen LogP) is 3.37. The van der Waals surface area contributed by atoms with Crippen molar-refractivity contribution < 1.29 is 4.79 Å². The molecule has 1 rings (SSSR count). The number of carbonyl (C=O) groups is 1. The van der Waals surface area contributed by atoms with Gasteiger partial charge in [0.2, 0.25) is 5.91 Å². The van der Waals surface area contributed by atoms with Gasteiger partial charge in [-0.3, -0.25) is 4.79 Å². The third-order valence-corrected chi connectivity index (χ3v) is 3.31. The van der Waals surface area contributed by atoms with Crippen molar-refractivity contribution in [2.24, 2.45) is 0 Å². The van der Waals surface area contributed by atoms with Crippen LogP contribution >= 0.6 is 11.6 Å². The predicted molar refractivity (Wildman–Crippen MR) is 86.1 cm³/mol. The number of carbonyl (C=O) groups excluding carboxylic acids is 1. The zero-order valence-corrected chi connectivity index (χ0v) is 13.0. The van der Waals surface area contributed by atoms with Crippen LogP contribution < -0.4 is 11.1 Å². The van der Waals surface area contributed by atoms with E-state index < -0.39 is 0 Å². The Hall–Kier alpha value is -1.26. The first-order valence-corrected chi connectivity index (χ1v) is 7.51. The molecule has 20 heavy (non-hydrogen) atoms. The van der Waals surface area contributed by atoms with Gasteiger partial charge in [0.15, 0.2) is 0 Å². The van der Waals surface area contributed by atoms with E-state index in [4.69, 9.17) is 17.3 Å². The van der Waals surface area contributed by atoms with Gasteiger partial charge < -0.3 is 16.0 Å². The van der Waals surface area contributed by atoms with E-state index in [1.807, 2.05) is 0 Å². The van der Waals surface area contributed by atoms with Gasteiger partial charge in [-0.05, 0) is 44.1 Å². The van der Waals surface area contributed by atoms with Crippen molar-refractivity contribution in [1.29, 1.82) is 0 Å². The number of nitrogen functional groups attached to an aromatic ring is 1. The Morgan fingerprint density at radius 2 is 1.90 bits per heavy atom. The standard InChI is InChI=1S/C15H24ClN3O/c1-3-8-19(9-4-2)10-7-15(20)18-14-6-5-12(17)11-13(14)16/h5-6,11H,3-4,7-10,17H2,1-2H3,(H,18,20). The molecule has 0 heterocycles. The van der Waals surface area contributed by atoms with Gasteiger partial charge in [-0.15, -0.1) is 0 Å². The highest BCUT2D eigenvalue weighted by Crippen LogP contribution is 2.24. The molecule has 0 spiro atoms. The van der Waals surface area contributed by atoms with Crippen LogP contribution in [0.25, 0.3) is 0 Å². The number of nitrogens with one attached hydrogen (secondary N) is 1. The monoisotopic (exact) mass is 297 g/mol. The number of hydrogen-bond acceptors (Lipinski definition) is 3.